The molecule has 0 aliphatic carbocycles. The summed E-state index contributed by atoms with van der Waals surface area (Å²) in [5.41, 5.74) is 0.809. The van der Waals surface area contributed by atoms with Crippen LogP contribution in [0.2, 0.25) is 0 Å². The van der Waals surface area contributed by atoms with Gasteiger partial charge in [-0.15, -0.1) is 0 Å². The molecule has 4 heteroatoms. The quantitative estimate of drug-likeness (QED) is 0.639. The van der Waals surface area contributed by atoms with Crippen molar-refractivity contribution < 1.29 is 4.42 Å². The lowest BCUT2D eigenvalue weighted by Crippen LogP contribution is -2.16. The van der Waals surface area contributed by atoms with Gasteiger partial charge in [-0.2, -0.15) is 0 Å². The summed E-state index contributed by atoms with van der Waals surface area (Å²) in [5, 5.41) is 1.53. The summed E-state index contributed by atoms with van der Waals surface area (Å²) < 4.78 is 6.84. The van der Waals surface area contributed by atoms with Crippen molar-refractivity contribution in [2.75, 3.05) is 0 Å². The van der Waals surface area contributed by atoms with E-state index in [9.17, 15) is 4.79 Å². The average Bonchev–Trinajstić information content (AvgIpc) is 2.87. The highest BCUT2D eigenvalue weighted by molar-refractivity contribution is 5.93. The Bertz CT molecular complexity index is 727. The largest absolute Gasteiger partial charge is 0.444 e. The van der Waals surface area contributed by atoms with Crippen molar-refractivity contribution in [1.82, 2.24) is 9.55 Å². The van der Waals surface area contributed by atoms with Gasteiger partial charge in [0, 0.05) is 24.0 Å². The SMILES string of the molecule is Cn1cc(-c2ncco2)c2ccccc2c1=O. The van der Waals surface area contributed by atoms with Crippen LogP contribution in [-0.4, -0.2) is 9.55 Å². The second-order valence-electron chi connectivity index (χ2n) is 3.84. The van der Waals surface area contributed by atoms with Gasteiger partial charge in [-0.1, -0.05) is 18.2 Å². The molecule has 0 saturated heterocycles. The van der Waals surface area contributed by atoms with Gasteiger partial charge >= 0.3 is 0 Å². The number of fused-ring (bicyclic) bond motifs is 1. The van der Waals surface area contributed by atoms with Gasteiger partial charge in [-0.05, 0) is 6.07 Å². The first-order valence-corrected chi connectivity index (χ1v) is 5.25. The molecule has 0 amide bonds. The molecular formula is C13H10N2O2. The van der Waals surface area contributed by atoms with E-state index in [-0.39, 0.29) is 5.56 Å². The predicted molar refractivity (Wildman–Crippen MR) is 64.7 cm³/mol. The maximum atomic E-state index is 12.0. The Labute approximate surface area is 97.1 Å². The topological polar surface area (TPSA) is 48.0 Å². The van der Waals surface area contributed by atoms with E-state index in [1.165, 1.54) is 6.26 Å². The normalized spacial score (nSPS) is 10.9. The Hall–Kier alpha value is -2.36. The van der Waals surface area contributed by atoms with Crippen LogP contribution in [0.4, 0.5) is 0 Å². The molecule has 0 bridgehead atoms. The van der Waals surface area contributed by atoms with Crippen molar-refractivity contribution in [3.63, 3.8) is 0 Å². The number of aromatic nitrogens is 2. The fraction of sp³-hybridized carbons (Fsp3) is 0.0769. The van der Waals surface area contributed by atoms with E-state index in [0.717, 1.165) is 10.9 Å². The van der Waals surface area contributed by atoms with Crippen molar-refractivity contribution in [2.24, 2.45) is 7.05 Å². The van der Waals surface area contributed by atoms with E-state index in [1.54, 1.807) is 24.0 Å². The van der Waals surface area contributed by atoms with E-state index in [2.05, 4.69) is 4.98 Å². The summed E-state index contributed by atoms with van der Waals surface area (Å²) in [6.07, 6.45) is 4.86. The molecule has 0 radical (unpaired) electrons. The second kappa shape index (κ2) is 3.59. The Morgan fingerprint density at radius 2 is 2.00 bits per heavy atom. The summed E-state index contributed by atoms with van der Waals surface area (Å²) in [4.78, 5) is 16.1. The smallest absolute Gasteiger partial charge is 0.258 e. The van der Waals surface area contributed by atoms with Crippen molar-refractivity contribution in [1.29, 1.82) is 0 Å². The predicted octanol–water partition coefficient (Wildman–Crippen LogP) is 2.19. The van der Waals surface area contributed by atoms with Crippen molar-refractivity contribution in [2.45, 2.75) is 0 Å². The molecule has 4 nitrogen and oxygen atoms in total. The minimum absolute atomic E-state index is 0.0177. The summed E-state index contributed by atoms with van der Waals surface area (Å²) >= 11 is 0. The molecule has 0 spiro atoms. The van der Waals surface area contributed by atoms with Crippen LogP contribution in [-0.2, 0) is 7.05 Å². The van der Waals surface area contributed by atoms with Crippen LogP contribution < -0.4 is 5.56 Å². The summed E-state index contributed by atoms with van der Waals surface area (Å²) in [5.74, 6) is 0.525. The molecule has 0 fully saturated rings. The molecule has 1 aromatic carbocycles. The fourth-order valence-corrected chi connectivity index (χ4v) is 1.94. The highest BCUT2D eigenvalue weighted by Crippen LogP contribution is 2.24. The zero-order valence-corrected chi connectivity index (χ0v) is 9.25. The van der Waals surface area contributed by atoms with Gasteiger partial charge in [0.25, 0.3) is 5.56 Å². The van der Waals surface area contributed by atoms with Crippen molar-refractivity contribution in [3.8, 4) is 11.5 Å². The fourth-order valence-electron chi connectivity index (χ4n) is 1.94. The molecule has 0 atom stereocenters. The summed E-state index contributed by atoms with van der Waals surface area (Å²) in [6.45, 7) is 0. The molecule has 2 aromatic heterocycles. The zero-order valence-electron chi connectivity index (χ0n) is 9.25. The molecular weight excluding hydrogens is 216 g/mol. The van der Waals surface area contributed by atoms with Crippen molar-refractivity contribution >= 4 is 10.8 Å². The van der Waals surface area contributed by atoms with Gasteiger partial charge < -0.3 is 8.98 Å². The van der Waals surface area contributed by atoms with Gasteiger partial charge in [-0.3, -0.25) is 4.79 Å². The first-order valence-electron chi connectivity index (χ1n) is 5.25. The number of oxazole rings is 1. The standard InChI is InChI=1S/C13H10N2O2/c1-15-8-11(12-14-6-7-17-12)9-4-2-3-5-10(9)13(15)16/h2-8H,1H3. The van der Waals surface area contributed by atoms with Gasteiger partial charge in [0.05, 0.1) is 11.8 Å². The molecule has 2 heterocycles. The number of aryl methyl sites for hydroxylation is 1. The first-order chi connectivity index (χ1) is 8.27. The Morgan fingerprint density at radius 3 is 2.71 bits per heavy atom. The Kier molecular flexibility index (Phi) is 2.08. The van der Waals surface area contributed by atoms with Crippen LogP contribution in [0.15, 0.2) is 52.1 Å². The van der Waals surface area contributed by atoms with Crippen LogP contribution in [0.1, 0.15) is 0 Å². The van der Waals surface area contributed by atoms with E-state index in [4.69, 9.17) is 4.42 Å². The molecule has 0 aliphatic heterocycles. The maximum Gasteiger partial charge on any atom is 0.258 e. The lowest BCUT2D eigenvalue weighted by Gasteiger charge is -2.05. The highest BCUT2D eigenvalue weighted by Gasteiger charge is 2.11. The molecule has 0 saturated carbocycles. The molecule has 84 valence electrons. The Balaban J connectivity index is 2.48. The number of hydrogen-bond donors (Lipinski definition) is 0. The van der Waals surface area contributed by atoms with Crippen molar-refractivity contribution in [3.05, 3.63) is 53.3 Å². The summed E-state index contributed by atoms with van der Waals surface area (Å²) in [7, 11) is 1.72. The van der Waals surface area contributed by atoms with Crippen LogP contribution >= 0.6 is 0 Å². The van der Waals surface area contributed by atoms with Crippen LogP contribution in [0, 0.1) is 0 Å². The lowest BCUT2D eigenvalue weighted by atomic mass is 10.1. The van der Waals surface area contributed by atoms with E-state index in [0.29, 0.717) is 11.3 Å². The number of pyridine rings is 1. The Morgan fingerprint density at radius 1 is 1.24 bits per heavy atom. The number of hydrogen-bond acceptors (Lipinski definition) is 3. The van der Waals surface area contributed by atoms with Gasteiger partial charge in [0.15, 0.2) is 0 Å². The van der Waals surface area contributed by atoms with Gasteiger partial charge in [0.2, 0.25) is 5.89 Å². The third kappa shape index (κ3) is 1.45. The highest BCUT2D eigenvalue weighted by atomic mass is 16.3. The maximum absolute atomic E-state index is 12.0. The zero-order chi connectivity index (χ0) is 11.8. The molecule has 0 unspecified atom stereocenters. The van der Waals surface area contributed by atoms with Crippen LogP contribution in [0.5, 0.6) is 0 Å². The van der Waals surface area contributed by atoms with E-state index >= 15 is 0 Å². The summed E-state index contributed by atoms with van der Waals surface area (Å²) in [6, 6.07) is 7.46. The number of rotatable bonds is 1. The molecule has 17 heavy (non-hydrogen) atoms. The van der Waals surface area contributed by atoms with E-state index < -0.39 is 0 Å². The molecule has 3 aromatic rings. The van der Waals surface area contributed by atoms with Gasteiger partial charge in [-0.25, -0.2) is 4.98 Å². The van der Waals surface area contributed by atoms with E-state index in [1.807, 2.05) is 24.3 Å². The monoisotopic (exact) mass is 226 g/mol. The molecule has 3 rings (SSSR count). The number of nitrogens with zero attached hydrogens (tertiary/aromatic N) is 2. The minimum atomic E-state index is -0.0177. The van der Waals surface area contributed by atoms with Crippen LogP contribution in [0.3, 0.4) is 0 Å². The average molecular weight is 226 g/mol. The number of benzene rings is 1. The van der Waals surface area contributed by atoms with Crippen LogP contribution in [0.25, 0.3) is 22.2 Å². The molecule has 0 N–H and O–H groups in total. The first kappa shape index (κ1) is 9.84. The molecule has 0 aliphatic rings. The van der Waals surface area contributed by atoms with Gasteiger partial charge in [0.1, 0.15) is 6.26 Å². The minimum Gasteiger partial charge on any atom is -0.444 e. The second-order valence-corrected chi connectivity index (χ2v) is 3.84. The third-order valence-electron chi connectivity index (χ3n) is 2.75. The lowest BCUT2D eigenvalue weighted by molar-refractivity contribution is 0.574. The third-order valence-corrected chi connectivity index (χ3v) is 2.75.